The van der Waals surface area contributed by atoms with E-state index in [1.165, 1.54) is 6.42 Å². The maximum atomic E-state index is 5.53. The normalized spacial score (nSPS) is 15.5. The summed E-state index contributed by atoms with van der Waals surface area (Å²) in [6.45, 7) is 17.1. The van der Waals surface area contributed by atoms with E-state index in [1.54, 1.807) is 14.2 Å². The van der Waals surface area contributed by atoms with Crippen molar-refractivity contribution in [2.45, 2.75) is 64.7 Å². The molecule has 0 N–H and O–H groups in total. The van der Waals surface area contributed by atoms with Crippen molar-refractivity contribution in [2.24, 2.45) is 0 Å². The molecular weight excluding hydrogens is 274 g/mol. The quantitative estimate of drug-likeness (QED) is 0.643. The molecule has 0 rings (SSSR count). The molecule has 0 spiro atoms. The Labute approximate surface area is 118 Å². The first-order valence-electron chi connectivity index (χ1n) is 6.93. The van der Waals surface area contributed by atoms with Crippen LogP contribution in [0, 0.1) is 0 Å². The molecular formula is C12H33NO2Si3. The topological polar surface area (TPSA) is 21.7 Å². The van der Waals surface area contributed by atoms with E-state index < -0.39 is 25.8 Å². The van der Waals surface area contributed by atoms with Crippen LogP contribution >= 0.6 is 0 Å². The molecule has 0 aliphatic carbocycles. The molecule has 0 amide bonds. The molecule has 0 aliphatic rings. The zero-order valence-electron chi connectivity index (χ0n) is 13.8. The average Bonchev–Trinajstić information content (AvgIpc) is 2.19. The van der Waals surface area contributed by atoms with Crippen molar-refractivity contribution in [3.05, 3.63) is 0 Å². The van der Waals surface area contributed by atoms with E-state index in [0.29, 0.717) is 6.04 Å². The summed E-state index contributed by atoms with van der Waals surface area (Å²) in [7, 11) is -0.465. The Balaban J connectivity index is 5.06. The molecule has 110 valence electrons. The van der Waals surface area contributed by atoms with Crippen molar-refractivity contribution in [1.82, 2.24) is 4.23 Å². The van der Waals surface area contributed by atoms with Crippen molar-refractivity contribution in [2.75, 3.05) is 14.2 Å². The first kappa shape index (κ1) is 18.5. The maximum absolute atomic E-state index is 5.53. The Bertz CT molecular complexity index is 220. The van der Waals surface area contributed by atoms with E-state index in [1.807, 2.05) is 0 Å². The van der Waals surface area contributed by atoms with E-state index in [2.05, 4.69) is 50.4 Å². The van der Waals surface area contributed by atoms with E-state index in [4.69, 9.17) is 8.85 Å². The highest BCUT2D eigenvalue weighted by molar-refractivity contribution is 6.89. The van der Waals surface area contributed by atoms with Gasteiger partial charge >= 0.3 is 9.28 Å². The molecule has 3 nitrogen and oxygen atoms in total. The summed E-state index contributed by atoms with van der Waals surface area (Å²) in [4.78, 5) is 0. The molecule has 1 atom stereocenters. The van der Waals surface area contributed by atoms with Gasteiger partial charge in [0.25, 0.3) is 0 Å². The van der Waals surface area contributed by atoms with E-state index >= 15 is 0 Å². The highest BCUT2D eigenvalue weighted by atomic mass is 28.4. The third-order valence-electron chi connectivity index (χ3n) is 3.27. The molecule has 0 bridgehead atoms. The van der Waals surface area contributed by atoms with Crippen molar-refractivity contribution in [3.63, 3.8) is 0 Å². The van der Waals surface area contributed by atoms with Crippen molar-refractivity contribution in [3.8, 4) is 0 Å². The lowest BCUT2D eigenvalue weighted by molar-refractivity contribution is 0.266. The molecule has 0 aliphatic heterocycles. The molecule has 0 aromatic heterocycles. The first-order valence-corrected chi connectivity index (χ1v) is 15.6. The largest absolute Gasteiger partial charge is 0.400 e. The van der Waals surface area contributed by atoms with Gasteiger partial charge in [0.2, 0.25) is 0 Å². The summed E-state index contributed by atoms with van der Waals surface area (Å²) in [6.07, 6.45) is 1.20. The van der Waals surface area contributed by atoms with Crippen LogP contribution in [0.5, 0.6) is 0 Å². The second-order valence-electron chi connectivity index (χ2n) is 6.91. The van der Waals surface area contributed by atoms with Gasteiger partial charge < -0.3 is 13.1 Å². The predicted molar refractivity (Wildman–Crippen MR) is 88.6 cm³/mol. The van der Waals surface area contributed by atoms with Crippen LogP contribution in [-0.2, 0) is 8.85 Å². The molecule has 0 radical (unpaired) electrons. The van der Waals surface area contributed by atoms with Crippen LogP contribution in [0.2, 0.25) is 45.3 Å². The molecule has 0 saturated carbocycles. The van der Waals surface area contributed by atoms with Crippen LogP contribution in [0.15, 0.2) is 0 Å². The van der Waals surface area contributed by atoms with Crippen LogP contribution in [0.25, 0.3) is 0 Å². The summed E-state index contributed by atoms with van der Waals surface area (Å²) >= 11 is 0. The third-order valence-corrected chi connectivity index (χ3v) is 12.9. The number of hydrogen-bond acceptors (Lipinski definition) is 3. The van der Waals surface area contributed by atoms with Crippen LogP contribution < -0.4 is 0 Å². The standard InChI is InChI=1S/C12H33NO2Si3/c1-10-12(11-16(14-2)15-3)13(17(4,5)6)18(7,8)9/h12,16H,10-11H2,1-9H3. The van der Waals surface area contributed by atoms with Gasteiger partial charge in [0.1, 0.15) is 16.5 Å². The van der Waals surface area contributed by atoms with Gasteiger partial charge in [-0.1, -0.05) is 46.2 Å². The Hall–Kier alpha value is 0.531. The van der Waals surface area contributed by atoms with Crippen molar-refractivity contribution < 1.29 is 8.85 Å². The van der Waals surface area contributed by atoms with Crippen LogP contribution in [0.4, 0.5) is 0 Å². The number of rotatable bonds is 8. The van der Waals surface area contributed by atoms with E-state index in [0.717, 1.165) is 6.04 Å². The molecule has 0 fully saturated rings. The molecule has 0 aromatic rings. The summed E-state index contributed by atoms with van der Waals surface area (Å²) in [5, 5.41) is 0. The SMILES string of the molecule is CCC(C[SiH](OC)OC)N([Si](C)(C)C)[Si](C)(C)C. The fraction of sp³-hybridized carbons (Fsp3) is 1.00. The fourth-order valence-electron chi connectivity index (χ4n) is 3.07. The summed E-state index contributed by atoms with van der Waals surface area (Å²) in [6, 6.07) is 1.75. The van der Waals surface area contributed by atoms with Gasteiger partial charge in [-0.05, 0) is 12.5 Å². The minimum Gasteiger partial charge on any atom is -0.400 e. The molecule has 0 heterocycles. The van der Waals surface area contributed by atoms with Gasteiger partial charge in [0, 0.05) is 20.3 Å². The van der Waals surface area contributed by atoms with Crippen molar-refractivity contribution in [1.29, 1.82) is 0 Å². The minimum atomic E-state index is -1.46. The van der Waals surface area contributed by atoms with Gasteiger partial charge in [-0.25, -0.2) is 0 Å². The molecule has 6 heteroatoms. The molecule has 0 saturated heterocycles. The van der Waals surface area contributed by atoms with Crippen LogP contribution in [-0.4, -0.2) is 50.2 Å². The predicted octanol–water partition coefficient (Wildman–Crippen LogP) is 3.25. The number of hydrogen-bond donors (Lipinski definition) is 0. The zero-order chi connectivity index (χ0) is 14.6. The Kier molecular flexibility index (Phi) is 7.57. The lowest BCUT2D eigenvalue weighted by Gasteiger charge is -2.49. The lowest BCUT2D eigenvalue weighted by Crippen LogP contribution is -2.63. The molecule has 0 aromatic carbocycles. The highest BCUT2D eigenvalue weighted by Gasteiger charge is 2.39. The fourth-order valence-corrected chi connectivity index (χ4v) is 15.9. The summed E-state index contributed by atoms with van der Waals surface area (Å²) < 4.78 is 13.9. The lowest BCUT2D eigenvalue weighted by atomic mass is 10.3. The Morgan fingerprint density at radius 1 is 0.944 bits per heavy atom. The van der Waals surface area contributed by atoms with Gasteiger partial charge in [0.15, 0.2) is 0 Å². The monoisotopic (exact) mass is 307 g/mol. The maximum Gasteiger partial charge on any atom is 0.322 e. The van der Waals surface area contributed by atoms with Crippen LogP contribution in [0.1, 0.15) is 13.3 Å². The van der Waals surface area contributed by atoms with E-state index in [9.17, 15) is 0 Å². The average molecular weight is 308 g/mol. The smallest absolute Gasteiger partial charge is 0.322 e. The minimum absolute atomic E-state index is 0.639. The van der Waals surface area contributed by atoms with Gasteiger partial charge in [0.05, 0.1) is 0 Å². The van der Waals surface area contributed by atoms with Crippen molar-refractivity contribution >= 4 is 25.8 Å². The Morgan fingerprint density at radius 2 is 1.33 bits per heavy atom. The van der Waals surface area contributed by atoms with Gasteiger partial charge in [-0.2, -0.15) is 0 Å². The number of nitrogens with zero attached hydrogens (tertiary/aromatic N) is 1. The van der Waals surface area contributed by atoms with Gasteiger partial charge in [-0.3, -0.25) is 0 Å². The molecule has 18 heavy (non-hydrogen) atoms. The first-order chi connectivity index (χ1) is 8.07. The molecule has 1 unspecified atom stereocenters. The third kappa shape index (κ3) is 5.66. The van der Waals surface area contributed by atoms with Gasteiger partial charge in [-0.15, -0.1) is 0 Å². The van der Waals surface area contributed by atoms with Crippen LogP contribution in [0.3, 0.4) is 0 Å². The second kappa shape index (κ2) is 7.35. The second-order valence-corrected chi connectivity index (χ2v) is 19.3. The Morgan fingerprint density at radius 3 is 1.56 bits per heavy atom. The summed E-state index contributed by atoms with van der Waals surface area (Å²) in [5.74, 6) is 0. The zero-order valence-corrected chi connectivity index (χ0v) is 17.0. The van der Waals surface area contributed by atoms with E-state index in [-0.39, 0.29) is 0 Å². The summed E-state index contributed by atoms with van der Waals surface area (Å²) in [5.41, 5.74) is 0. The highest BCUT2D eigenvalue weighted by Crippen LogP contribution is 2.27.